The Morgan fingerprint density at radius 2 is 1.57 bits per heavy atom. The number of alkyl halides is 3. The monoisotopic (exact) mass is 393 g/mol. The number of carbonyl (C=O) groups is 2. The molecule has 0 N–H and O–H groups in total. The molecule has 0 aliphatic carbocycles. The summed E-state index contributed by atoms with van der Waals surface area (Å²) in [5, 5.41) is 0. The van der Waals surface area contributed by atoms with E-state index >= 15 is 0 Å². The molecule has 28 heavy (non-hydrogen) atoms. The first-order chi connectivity index (χ1) is 13.4. The van der Waals surface area contributed by atoms with E-state index in [2.05, 4.69) is 0 Å². The van der Waals surface area contributed by atoms with Gasteiger partial charge in [-0.1, -0.05) is 30.3 Å². The van der Waals surface area contributed by atoms with Gasteiger partial charge in [0.25, 0.3) is 5.91 Å². The molecule has 1 fully saturated rings. The van der Waals surface area contributed by atoms with Crippen LogP contribution in [0.1, 0.15) is 27.6 Å². The Bertz CT molecular complexity index is 816. The number of morpholine rings is 1. The molecule has 3 rings (SSSR count). The van der Waals surface area contributed by atoms with Gasteiger partial charge in [0.1, 0.15) is 0 Å². The summed E-state index contributed by atoms with van der Waals surface area (Å²) in [4.78, 5) is 26.9. The molecule has 0 bridgehead atoms. The molecule has 8 heteroatoms. The Morgan fingerprint density at radius 3 is 2.14 bits per heavy atom. The summed E-state index contributed by atoms with van der Waals surface area (Å²) >= 11 is 0. The normalized spacial score (nSPS) is 15.8. The van der Waals surface area contributed by atoms with Crippen molar-refractivity contribution < 1.29 is 32.2 Å². The van der Waals surface area contributed by atoms with Crippen molar-refractivity contribution in [3.8, 4) is 0 Å². The van der Waals surface area contributed by atoms with Crippen LogP contribution in [0.3, 0.4) is 0 Å². The van der Waals surface area contributed by atoms with Gasteiger partial charge in [0, 0.05) is 18.7 Å². The first-order valence-corrected chi connectivity index (χ1v) is 8.66. The van der Waals surface area contributed by atoms with Gasteiger partial charge in [0.15, 0.2) is 0 Å². The van der Waals surface area contributed by atoms with E-state index in [0.717, 1.165) is 24.3 Å². The maximum atomic E-state index is 12.9. The van der Waals surface area contributed by atoms with Crippen molar-refractivity contribution in [1.29, 1.82) is 0 Å². The van der Waals surface area contributed by atoms with Gasteiger partial charge in [-0.05, 0) is 24.3 Å². The van der Waals surface area contributed by atoms with Crippen molar-refractivity contribution in [3.05, 3.63) is 71.3 Å². The van der Waals surface area contributed by atoms with Crippen LogP contribution in [0.15, 0.2) is 54.6 Å². The first-order valence-electron chi connectivity index (χ1n) is 8.66. The highest BCUT2D eigenvalue weighted by molar-refractivity contribution is 5.92. The van der Waals surface area contributed by atoms with Crippen LogP contribution in [-0.4, -0.2) is 43.1 Å². The number of ether oxygens (including phenoxy) is 2. The zero-order chi connectivity index (χ0) is 20.1. The van der Waals surface area contributed by atoms with Gasteiger partial charge >= 0.3 is 12.1 Å². The maximum absolute atomic E-state index is 12.9. The second-order valence-electron chi connectivity index (χ2n) is 6.21. The molecule has 1 aliphatic rings. The van der Waals surface area contributed by atoms with E-state index in [-0.39, 0.29) is 5.56 Å². The number of rotatable bonds is 4. The van der Waals surface area contributed by atoms with Gasteiger partial charge in [-0.25, -0.2) is 4.79 Å². The average Bonchev–Trinajstić information content (AvgIpc) is 2.72. The minimum Gasteiger partial charge on any atom is -0.444 e. The second-order valence-corrected chi connectivity index (χ2v) is 6.21. The molecule has 1 saturated heterocycles. The number of amides is 1. The van der Waals surface area contributed by atoms with Gasteiger partial charge in [0.2, 0.25) is 6.10 Å². The molecule has 1 unspecified atom stereocenters. The molecule has 1 amide bonds. The fourth-order valence-electron chi connectivity index (χ4n) is 2.81. The molecule has 148 valence electrons. The van der Waals surface area contributed by atoms with E-state index in [4.69, 9.17) is 9.47 Å². The number of nitrogens with zero attached hydrogens (tertiary/aromatic N) is 1. The molecule has 2 aromatic rings. The Morgan fingerprint density at radius 1 is 0.964 bits per heavy atom. The number of esters is 1. The molecule has 0 spiro atoms. The van der Waals surface area contributed by atoms with Gasteiger partial charge in [-0.15, -0.1) is 0 Å². The fraction of sp³-hybridized carbons (Fsp3) is 0.300. The van der Waals surface area contributed by atoms with Gasteiger partial charge in [0.05, 0.1) is 24.3 Å². The fourth-order valence-corrected chi connectivity index (χ4v) is 2.81. The highest BCUT2D eigenvalue weighted by Gasteiger charge is 2.32. The van der Waals surface area contributed by atoms with E-state index in [1.807, 2.05) is 0 Å². The standard InChI is InChI=1S/C20H18F3NO4/c21-20(22,23)16-8-6-15(7-9-16)19(26)28-17(14-4-2-1-3-5-14)18(25)24-10-12-27-13-11-24/h1-9,17H,10-13H2. The van der Waals surface area contributed by atoms with Crippen molar-refractivity contribution in [2.75, 3.05) is 26.3 Å². The molecule has 0 aromatic heterocycles. The second kappa shape index (κ2) is 8.43. The summed E-state index contributed by atoms with van der Waals surface area (Å²) in [7, 11) is 0. The van der Waals surface area contributed by atoms with Crippen LogP contribution in [0.5, 0.6) is 0 Å². The topological polar surface area (TPSA) is 55.8 Å². The van der Waals surface area contributed by atoms with E-state index in [9.17, 15) is 22.8 Å². The van der Waals surface area contributed by atoms with Gasteiger partial charge in [-0.2, -0.15) is 13.2 Å². The zero-order valence-corrected chi connectivity index (χ0v) is 14.8. The average molecular weight is 393 g/mol. The molecule has 2 aromatic carbocycles. The smallest absolute Gasteiger partial charge is 0.416 e. The van der Waals surface area contributed by atoms with Crippen molar-refractivity contribution in [2.24, 2.45) is 0 Å². The van der Waals surface area contributed by atoms with Gasteiger partial charge < -0.3 is 14.4 Å². The minimum absolute atomic E-state index is 0.0660. The lowest BCUT2D eigenvalue weighted by atomic mass is 10.1. The SMILES string of the molecule is O=C(OC(C(=O)N1CCOCC1)c1ccccc1)c1ccc(C(F)(F)F)cc1. The third-order valence-electron chi connectivity index (χ3n) is 4.32. The Kier molecular flexibility index (Phi) is 5.99. The number of hydrogen-bond donors (Lipinski definition) is 0. The molecule has 1 aliphatic heterocycles. The minimum atomic E-state index is -4.50. The van der Waals surface area contributed by atoms with E-state index in [0.29, 0.717) is 31.9 Å². The third kappa shape index (κ3) is 4.69. The van der Waals surface area contributed by atoms with Crippen LogP contribution in [0, 0.1) is 0 Å². The molecule has 0 saturated carbocycles. The summed E-state index contributed by atoms with van der Waals surface area (Å²) < 4.78 is 48.7. The Balaban J connectivity index is 1.80. The predicted molar refractivity (Wildman–Crippen MR) is 93.4 cm³/mol. The molecule has 0 radical (unpaired) electrons. The van der Waals surface area contributed by atoms with Crippen LogP contribution in [-0.2, 0) is 20.4 Å². The lowest BCUT2D eigenvalue weighted by Crippen LogP contribution is -2.44. The van der Waals surface area contributed by atoms with E-state index < -0.39 is 29.7 Å². The highest BCUT2D eigenvalue weighted by atomic mass is 19.4. The van der Waals surface area contributed by atoms with Crippen LogP contribution >= 0.6 is 0 Å². The van der Waals surface area contributed by atoms with Crippen molar-refractivity contribution in [3.63, 3.8) is 0 Å². The third-order valence-corrected chi connectivity index (χ3v) is 4.32. The number of hydrogen-bond acceptors (Lipinski definition) is 4. The molecular formula is C20H18F3NO4. The van der Waals surface area contributed by atoms with Crippen LogP contribution < -0.4 is 0 Å². The maximum Gasteiger partial charge on any atom is 0.416 e. The van der Waals surface area contributed by atoms with Crippen LogP contribution in [0.25, 0.3) is 0 Å². The molecular weight excluding hydrogens is 375 g/mol. The van der Waals surface area contributed by atoms with Crippen LogP contribution in [0.4, 0.5) is 13.2 Å². The van der Waals surface area contributed by atoms with Crippen LogP contribution in [0.2, 0.25) is 0 Å². The zero-order valence-electron chi connectivity index (χ0n) is 14.8. The van der Waals surface area contributed by atoms with Crippen molar-refractivity contribution >= 4 is 11.9 Å². The largest absolute Gasteiger partial charge is 0.444 e. The first kappa shape index (κ1) is 19.9. The quantitative estimate of drug-likeness (QED) is 0.747. The number of halogens is 3. The van der Waals surface area contributed by atoms with E-state index in [1.165, 1.54) is 0 Å². The number of benzene rings is 2. The Labute approximate surface area is 159 Å². The Hall–Kier alpha value is -2.87. The molecule has 1 atom stereocenters. The van der Waals surface area contributed by atoms with E-state index in [1.54, 1.807) is 35.2 Å². The summed E-state index contributed by atoms with van der Waals surface area (Å²) in [5.74, 6) is -1.26. The highest BCUT2D eigenvalue weighted by Crippen LogP contribution is 2.29. The lowest BCUT2D eigenvalue weighted by Gasteiger charge is -2.30. The lowest BCUT2D eigenvalue weighted by molar-refractivity contribution is -0.145. The summed E-state index contributed by atoms with van der Waals surface area (Å²) in [6, 6.07) is 12.2. The predicted octanol–water partition coefficient (Wildman–Crippen LogP) is 3.46. The van der Waals surface area contributed by atoms with Gasteiger partial charge in [-0.3, -0.25) is 4.79 Å². The van der Waals surface area contributed by atoms with Crippen molar-refractivity contribution in [1.82, 2.24) is 4.90 Å². The molecule has 1 heterocycles. The summed E-state index contributed by atoms with van der Waals surface area (Å²) in [6.45, 7) is 1.53. The molecule has 5 nitrogen and oxygen atoms in total. The number of carbonyl (C=O) groups excluding carboxylic acids is 2. The van der Waals surface area contributed by atoms with Crippen molar-refractivity contribution in [2.45, 2.75) is 12.3 Å². The summed E-state index contributed by atoms with van der Waals surface area (Å²) in [6.07, 6.45) is -5.68. The summed E-state index contributed by atoms with van der Waals surface area (Å²) in [5.41, 5.74) is -0.448.